The van der Waals surface area contributed by atoms with Gasteiger partial charge in [0.1, 0.15) is 0 Å². The van der Waals surface area contributed by atoms with E-state index in [9.17, 15) is 0 Å². The topological polar surface area (TPSA) is 9.86 Å². The van der Waals surface area contributed by atoms with Gasteiger partial charge in [-0.25, -0.2) is 0 Å². The molecule has 0 bridgehead atoms. The molecule has 0 fully saturated rings. The highest BCUT2D eigenvalue weighted by atomic mass is 15.0. The Balaban J connectivity index is 1.31. The van der Waals surface area contributed by atoms with Gasteiger partial charge in [-0.15, -0.1) is 0 Å². The van der Waals surface area contributed by atoms with Crippen LogP contribution in [-0.4, -0.2) is 9.13 Å². The average Bonchev–Trinajstić information content (AvgIpc) is 3.45. The molecule has 0 radical (unpaired) electrons. The minimum atomic E-state index is 0.0244. The highest BCUT2D eigenvalue weighted by molar-refractivity contribution is 6.10. The zero-order valence-electron chi connectivity index (χ0n) is 21.4. The van der Waals surface area contributed by atoms with E-state index in [0.717, 1.165) is 13.0 Å². The molecule has 0 saturated carbocycles. The van der Waals surface area contributed by atoms with Crippen LogP contribution in [0, 0.1) is 0 Å². The van der Waals surface area contributed by atoms with E-state index in [2.05, 4.69) is 144 Å². The Morgan fingerprint density at radius 2 is 1.03 bits per heavy atom. The van der Waals surface area contributed by atoms with Gasteiger partial charge in [0.25, 0.3) is 0 Å². The number of nitrogens with zero attached hydrogens (tertiary/aromatic N) is 2. The molecule has 0 aliphatic heterocycles. The number of fused-ring (bicyclic) bond motifs is 6. The van der Waals surface area contributed by atoms with Crippen LogP contribution in [0.15, 0.2) is 121 Å². The van der Waals surface area contributed by atoms with E-state index in [-0.39, 0.29) is 5.41 Å². The van der Waals surface area contributed by atoms with Crippen LogP contribution in [0.1, 0.15) is 25.8 Å². The van der Waals surface area contributed by atoms with E-state index in [1.807, 2.05) is 0 Å². The maximum Gasteiger partial charge on any atom is 0.0541 e. The number of aromatic nitrogens is 2. The summed E-state index contributed by atoms with van der Waals surface area (Å²) in [5, 5.41) is 5.31. The molecule has 0 atom stereocenters. The van der Waals surface area contributed by atoms with Gasteiger partial charge in [0.05, 0.1) is 11.0 Å². The van der Waals surface area contributed by atoms with Crippen molar-refractivity contribution < 1.29 is 0 Å². The molecule has 0 unspecified atom stereocenters. The largest absolute Gasteiger partial charge is 0.340 e. The van der Waals surface area contributed by atoms with Gasteiger partial charge in [0.2, 0.25) is 0 Å². The van der Waals surface area contributed by atoms with E-state index in [0.29, 0.717) is 0 Å². The number of benzene rings is 5. The molecular weight excluding hydrogens is 448 g/mol. The van der Waals surface area contributed by atoms with Gasteiger partial charge < -0.3 is 9.13 Å². The first kappa shape index (κ1) is 21.9. The first-order valence-corrected chi connectivity index (χ1v) is 13.2. The first-order chi connectivity index (χ1) is 18.1. The zero-order valence-corrected chi connectivity index (χ0v) is 21.4. The Morgan fingerprint density at radius 1 is 0.514 bits per heavy atom. The summed E-state index contributed by atoms with van der Waals surface area (Å²) in [5.41, 5.74) is 7.76. The van der Waals surface area contributed by atoms with Crippen LogP contribution in [0.2, 0.25) is 0 Å². The molecule has 7 rings (SSSR count). The van der Waals surface area contributed by atoms with Gasteiger partial charge in [-0.2, -0.15) is 0 Å². The van der Waals surface area contributed by atoms with E-state index in [1.54, 1.807) is 0 Å². The molecule has 0 saturated heterocycles. The van der Waals surface area contributed by atoms with Crippen LogP contribution in [-0.2, 0) is 12.0 Å². The van der Waals surface area contributed by atoms with Crippen LogP contribution in [0.4, 0.5) is 0 Å². The fourth-order valence-electron chi connectivity index (χ4n) is 6.03. The Kier molecular flexibility index (Phi) is 4.97. The minimum absolute atomic E-state index is 0.0244. The molecule has 2 nitrogen and oxygen atoms in total. The predicted octanol–water partition coefficient (Wildman–Crippen LogP) is 9.26. The maximum atomic E-state index is 2.51. The quantitative estimate of drug-likeness (QED) is 0.233. The summed E-state index contributed by atoms with van der Waals surface area (Å²) in [5.74, 6) is 0. The predicted molar refractivity (Wildman–Crippen MR) is 158 cm³/mol. The second-order valence-corrected chi connectivity index (χ2v) is 10.7. The standard InChI is InChI=1S/C35H30N2/c1-35(2,22-23-36-31-17-9-6-14-27(31)28-15-7-10-18-32(28)36)25-20-21-34-30(24-25)29-16-8-11-19-33(29)37(34)26-12-4-3-5-13-26/h3-21,24H,22-23H2,1-2H3. The molecular formula is C35H30N2. The summed E-state index contributed by atoms with van der Waals surface area (Å²) in [6.07, 6.45) is 1.05. The molecule has 37 heavy (non-hydrogen) atoms. The van der Waals surface area contributed by atoms with Gasteiger partial charge in [-0.3, -0.25) is 0 Å². The fraction of sp³-hybridized carbons (Fsp3) is 0.143. The lowest BCUT2D eigenvalue weighted by molar-refractivity contribution is 0.446. The van der Waals surface area contributed by atoms with Crippen molar-refractivity contribution in [1.82, 2.24) is 9.13 Å². The SMILES string of the molecule is CC(C)(CCn1c2ccccc2c2ccccc21)c1ccc2c(c1)c1ccccc1n2-c1ccccc1. The Hall–Kier alpha value is -4.30. The molecule has 0 amide bonds. The Labute approximate surface area is 217 Å². The second-order valence-electron chi connectivity index (χ2n) is 10.7. The average molecular weight is 479 g/mol. The van der Waals surface area contributed by atoms with Crippen LogP contribution in [0.5, 0.6) is 0 Å². The maximum absolute atomic E-state index is 2.51. The van der Waals surface area contributed by atoms with Crippen LogP contribution in [0.3, 0.4) is 0 Å². The van der Waals surface area contributed by atoms with Crippen LogP contribution < -0.4 is 0 Å². The normalized spacial score (nSPS) is 12.3. The Bertz CT molecular complexity index is 1850. The van der Waals surface area contributed by atoms with Crippen LogP contribution >= 0.6 is 0 Å². The van der Waals surface area contributed by atoms with Crippen molar-refractivity contribution in [3.63, 3.8) is 0 Å². The summed E-state index contributed by atoms with van der Waals surface area (Å²) in [6, 6.07) is 44.1. The fourth-order valence-corrected chi connectivity index (χ4v) is 6.03. The van der Waals surface area contributed by atoms with Crippen molar-refractivity contribution >= 4 is 43.6 Å². The summed E-state index contributed by atoms with van der Waals surface area (Å²) in [6.45, 7) is 5.75. The highest BCUT2D eigenvalue weighted by Crippen LogP contribution is 2.37. The lowest BCUT2D eigenvalue weighted by Crippen LogP contribution is -2.20. The second kappa shape index (κ2) is 8.38. The van der Waals surface area contributed by atoms with Gasteiger partial charge in [0.15, 0.2) is 0 Å². The van der Waals surface area contributed by atoms with Gasteiger partial charge in [-0.05, 0) is 59.9 Å². The third-order valence-corrected chi connectivity index (χ3v) is 8.11. The summed E-state index contributed by atoms with van der Waals surface area (Å²) < 4.78 is 4.89. The van der Waals surface area contributed by atoms with Crippen molar-refractivity contribution in [2.24, 2.45) is 0 Å². The minimum Gasteiger partial charge on any atom is -0.340 e. The molecule has 0 spiro atoms. The van der Waals surface area contributed by atoms with Gasteiger partial charge >= 0.3 is 0 Å². The highest BCUT2D eigenvalue weighted by Gasteiger charge is 2.23. The molecule has 2 heterocycles. The monoisotopic (exact) mass is 478 g/mol. The van der Waals surface area contributed by atoms with Crippen molar-refractivity contribution in [1.29, 1.82) is 0 Å². The summed E-state index contributed by atoms with van der Waals surface area (Å²) >= 11 is 0. The van der Waals surface area contributed by atoms with Crippen molar-refractivity contribution in [2.75, 3.05) is 0 Å². The van der Waals surface area contributed by atoms with E-state index >= 15 is 0 Å². The third-order valence-electron chi connectivity index (χ3n) is 8.11. The number of hydrogen-bond donors (Lipinski definition) is 0. The Morgan fingerprint density at radius 3 is 1.68 bits per heavy atom. The zero-order chi connectivity index (χ0) is 25.0. The third kappa shape index (κ3) is 3.48. The number of aryl methyl sites for hydroxylation is 1. The van der Waals surface area contributed by atoms with Crippen LogP contribution in [0.25, 0.3) is 49.3 Å². The lowest BCUT2D eigenvalue weighted by atomic mass is 9.81. The molecule has 0 aliphatic carbocycles. The number of para-hydroxylation sites is 4. The van der Waals surface area contributed by atoms with Crippen molar-refractivity contribution in [3.05, 3.63) is 127 Å². The molecule has 2 heteroatoms. The van der Waals surface area contributed by atoms with Gasteiger partial charge in [-0.1, -0.05) is 92.7 Å². The molecule has 7 aromatic rings. The smallest absolute Gasteiger partial charge is 0.0541 e. The first-order valence-electron chi connectivity index (χ1n) is 13.2. The lowest BCUT2D eigenvalue weighted by Gasteiger charge is -2.26. The summed E-state index contributed by atoms with van der Waals surface area (Å²) in [4.78, 5) is 0. The molecule has 0 aliphatic rings. The van der Waals surface area contributed by atoms with Gasteiger partial charge in [0, 0.05) is 44.8 Å². The molecule has 0 N–H and O–H groups in total. The van der Waals surface area contributed by atoms with Crippen molar-refractivity contribution in [3.8, 4) is 5.69 Å². The molecule has 180 valence electrons. The summed E-state index contributed by atoms with van der Waals surface area (Å²) in [7, 11) is 0. The van der Waals surface area contributed by atoms with Crippen molar-refractivity contribution in [2.45, 2.75) is 32.2 Å². The van der Waals surface area contributed by atoms with E-state index in [1.165, 1.54) is 54.9 Å². The molecule has 2 aromatic heterocycles. The number of rotatable bonds is 5. The number of hydrogen-bond acceptors (Lipinski definition) is 0. The van der Waals surface area contributed by atoms with E-state index < -0.39 is 0 Å². The van der Waals surface area contributed by atoms with E-state index in [4.69, 9.17) is 0 Å². The molecule has 5 aromatic carbocycles.